The summed E-state index contributed by atoms with van der Waals surface area (Å²) in [4.78, 5) is 16.5. The minimum Gasteiger partial charge on any atom is -0.478 e. The number of rotatable bonds is 5. The van der Waals surface area contributed by atoms with E-state index in [1.165, 1.54) is 0 Å². The number of aromatic carboxylic acids is 1. The summed E-state index contributed by atoms with van der Waals surface area (Å²) in [5.74, 6) is -0.189. The first-order chi connectivity index (χ1) is 14.9. The van der Waals surface area contributed by atoms with Crippen molar-refractivity contribution in [2.75, 3.05) is 18.4 Å². The number of carboxylic acids is 1. The zero-order valence-corrected chi connectivity index (χ0v) is 19.5. The molecule has 0 saturated heterocycles. The molecule has 1 heterocycles. The summed E-state index contributed by atoms with van der Waals surface area (Å²) in [6.45, 7) is 9.56. The lowest BCUT2D eigenvalue weighted by Gasteiger charge is -2.19. The first-order valence-electron chi connectivity index (χ1n) is 10.5. The van der Waals surface area contributed by atoms with Crippen molar-refractivity contribution in [2.24, 2.45) is 4.99 Å². The quantitative estimate of drug-likeness (QED) is 0.350. The van der Waals surface area contributed by atoms with Crippen LogP contribution in [0.3, 0.4) is 0 Å². The van der Waals surface area contributed by atoms with Crippen LogP contribution in [0.15, 0.2) is 57.9 Å². The molecule has 4 rings (SSSR count). The van der Waals surface area contributed by atoms with Gasteiger partial charge >= 0.3 is 5.97 Å². The van der Waals surface area contributed by atoms with Crippen LogP contribution >= 0.6 is 12.4 Å². The highest BCUT2D eigenvalue weighted by molar-refractivity contribution is 6.06. The van der Waals surface area contributed by atoms with Crippen LogP contribution in [-0.4, -0.2) is 24.2 Å². The van der Waals surface area contributed by atoms with Gasteiger partial charge in [0, 0.05) is 41.9 Å². The maximum absolute atomic E-state index is 12.0. The molecule has 0 saturated carbocycles. The lowest BCUT2D eigenvalue weighted by Crippen LogP contribution is -2.08. The SMILES string of the molecule is CCN=c1cc2oc3cc(NCC)c(C)c(-c4ccccc4C(=O)O)c3cc-2cc1C.Cl. The average molecular weight is 451 g/mol. The summed E-state index contributed by atoms with van der Waals surface area (Å²) in [5.41, 5.74) is 6.50. The zero-order chi connectivity index (χ0) is 22.1. The monoisotopic (exact) mass is 450 g/mol. The molecule has 0 amide bonds. The van der Waals surface area contributed by atoms with Crippen LogP contribution in [0.1, 0.15) is 35.3 Å². The molecular formula is C26H27ClN2O3. The Kier molecular flexibility index (Phi) is 6.90. The second kappa shape index (κ2) is 9.45. The lowest BCUT2D eigenvalue weighted by molar-refractivity contribution is 0.0697. The topological polar surface area (TPSA) is 74.8 Å². The Hall–Kier alpha value is -3.31. The van der Waals surface area contributed by atoms with Gasteiger partial charge in [0.05, 0.1) is 10.9 Å². The number of anilines is 1. The van der Waals surface area contributed by atoms with Crippen LogP contribution in [-0.2, 0) is 0 Å². The number of aryl methyl sites for hydroxylation is 1. The summed E-state index contributed by atoms with van der Waals surface area (Å²) in [5, 5.41) is 15.0. The first kappa shape index (κ1) is 23.4. The molecule has 2 aromatic rings. The van der Waals surface area contributed by atoms with Crippen molar-refractivity contribution in [1.82, 2.24) is 0 Å². The molecule has 0 aromatic heterocycles. The van der Waals surface area contributed by atoms with Gasteiger partial charge in [0.2, 0.25) is 0 Å². The van der Waals surface area contributed by atoms with Gasteiger partial charge < -0.3 is 14.8 Å². The summed E-state index contributed by atoms with van der Waals surface area (Å²) < 4.78 is 6.35. The van der Waals surface area contributed by atoms with E-state index in [0.29, 0.717) is 17.7 Å². The molecule has 0 bridgehead atoms. The number of carbonyl (C=O) groups is 1. The number of fused-ring (bicyclic) bond motifs is 2. The van der Waals surface area contributed by atoms with Gasteiger partial charge in [-0.2, -0.15) is 0 Å². The van der Waals surface area contributed by atoms with Crippen LogP contribution in [0.5, 0.6) is 0 Å². The van der Waals surface area contributed by atoms with Gasteiger partial charge in [-0.3, -0.25) is 4.99 Å². The Morgan fingerprint density at radius 2 is 1.84 bits per heavy atom. The summed E-state index contributed by atoms with van der Waals surface area (Å²) in [7, 11) is 0. The third kappa shape index (κ3) is 4.08. The van der Waals surface area contributed by atoms with Crippen molar-refractivity contribution in [3.63, 3.8) is 0 Å². The van der Waals surface area contributed by atoms with Crippen LogP contribution in [0.25, 0.3) is 33.4 Å². The molecule has 32 heavy (non-hydrogen) atoms. The van der Waals surface area contributed by atoms with E-state index in [0.717, 1.165) is 51.0 Å². The Bertz CT molecular complexity index is 1340. The molecule has 2 aliphatic rings. The normalized spacial score (nSPS) is 11.6. The highest BCUT2D eigenvalue weighted by Crippen LogP contribution is 2.41. The van der Waals surface area contributed by atoms with Gasteiger partial charge in [-0.05, 0) is 68.1 Å². The van der Waals surface area contributed by atoms with Crippen molar-refractivity contribution in [3.05, 3.63) is 70.6 Å². The molecule has 166 valence electrons. The predicted octanol–water partition coefficient (Wildman–Crippen LogP) is 6.29. The Morgan fingerprint density at radius 3 is 2.53 bits per heavy atom. The molecule has 5 nitrogen and oxygen atoms in total. The van der Waals surface area contributed by atoms with E-state index in [1.54, 1.807) is 12.1 Å². The van der Waals surface area contributed by atoms with Crippen LogP contribution < -0.4 is 10.7 Å². The molecule has 0 atom stereocenters. The number of halogens is 1. The third-order valence-electron chi connectivity index (χ3n) is 5.56. The van der Waals surface area contributed by atoms with E-state index in [2.05, 4.69) is 22.4 Å². The van der Waals surface area contributed by atoms with Crippen molar-refractivity contribution in [2.45, 2.75) is 27.7 Å². The van der Waals surface area contributed by atoms with Gasteiger partial charge in [0.1, 0.15) is 11.3 Å². The number of benzene rings is 3. The maximum Gasteiger partial charge on any atom is 0.336 e. The molecule has 0 spiro atoms. The van der Waals surface area contributed by atoms with E-state index in [1.807, 2.05) is 52.0 Å². The van der Waals surface area contributed by atoms with E-state index < -0.39 is 5.97 Å². The van der Waals surface area contributed by atoms with Gasteiger partial charge in [0.25, 0.3) is 0 Å². The van der Waals surface area contributed by atoms with Crippen LogP contribution in [0.2, 0.25) is 0 Å². The number of nitrogens with one attached hydrogen (secondary N) is 1. The zero-order valence-electron chi connectivity index (χ0n) is 18.7. The van der Waals surface area contributed by atoms with Crippen molar-refractivity contribution in [3.8, 4) is 22.5 Å². The van der Waals surface area contributed by atoms with Gasteiger partial charge in [-0.25, -0.2) is 4.79 Å². The fraction of sp³-hybridized carbons (Fsp3) is 0.231. The molecule has 6 heteroatoms. The third-order valence-corrected chi connectivity index (χ3v) is 5.56. The average Bonchev–Trinajstić information content (AvgIpc) is 2.74. The molecule has 0 radical (unpaired) electrons. The smallest absolute Gasteiger partial charge is 0.336 e. The summed E-state index contributed by atoms with van der Waals surface area (Å²) in [6, 6.07) is 15.3. The summed E-state index contributed by atoms with van der Waals surface area (Å²) in [6.07, 6.45) is 0. The van der Waals surface area contributed by atoms with Crippen LogP contribution in [0.4, 0.5) is 5.69 Å². The minimum absolute atomic E-state index is 0. The molecule has 0 unspecified atom stereocenters. The highest BCUT2D eigenvalue weighted by Gasteiger charge is 2.20. The first-order valence-corrected chi connectivity index (χ1v) is 10.5. The van der Waals surface area contributed by atoms with Gasteiger partial charge in [0.15, 0.2) is 0 Å². The Morgan fingerprint density at radius 1 is 1.09 bits per heavy atom. The fourth-order valence-electron chi connectivity index (χ4n) is 4.13. The number of carboxylic acid groups (broad SMARTS) is 1. The van der Waals surface area contributed by atoms with Crippen molar-refractivity contribution >= 4 is 35.0 Å². The Labute approximate surface area is 193 Å². The minimum atomic E-state index is -0.948. The lowest BCUT2D eigenvalue weighted by atomic mass is 9.90. The molecule has 0 fully saturated rings. The highest BCUT2D eigenvalue weighted by atomic mass is 35.5. The second-order valence-corrected chi connectivity index (χ2v) is 7.61. The predicted molar refractivity (Wildman–Crippen MR) is 132 cm³/mol. The number of hydrogen-bond donors (Lipinski definition) is 2. The number of nitrogens with zero attached hydrogens (tertiary/aromatic N) is 1. The number of hydrogen-bond acceptors (Lipinski definition) is 4. The van der Waals surface area contributed by atoms with Crippen molar-refractivity contribution < 1.29 is 14.3 Å². The standard InChI is InChI=1S/C26H26N2O3.ClH/c1-5-27-21-13-23-17(11-15(21)3)12-20-24(31-23)14-22(28-6-2)16(4)25(20)18-9-7-8-10-19(18)26(29)30;/h7-14,28H,5-6H2,1-4H3,(H,29,30);1H. The second-order valence-electron chi connectivity index (χ2n) is 7.61. The molecule has 2 N–H and O–H groups in total. The molecule has 1 aliphatic heterocycles. The molecular weight excluding hydrogens is 424 g/mol. The Balaban J connectivity index is 0.00000289. The van der Waals surface area contributed by atoms with Crippen molar-refractivity contribution in [1.29, 1.82) is 0 Å². The van der Waals surface area contributed by atoms with E-state index >= 15 is 0 Å². The molecule has 2 aromatic carbocycles. The fourth-order valence-corrected chi connectivity index (χ4v) is 4.13. The van der Waals surface area contributed by atoms with E-state index in [9.17, 15) is 9.90 Å². The maximum atomic E-state index is 12.0. The summed E-state index contributed by atoms with van der Waals surface area (Å²) >= 11 is 0. The van der Waals surface area contributed by atoms with Gasteiger partial charge in [-0.1, -0.05) is 18.2 Å². The largest absolute Gasteiger partial charge is 0.478 e. The van der Waals surface area contributed by atoms with Crippen LogP contribution in [0, 0.1) is 13.8 Å². The van der Waals surface area contributed by atoms with E-state index in [4.69, 9.17) is 4.42 Å². The molecule has 1 aliphatic carbocycles. The van der Waals surface area contributed by atoms with Gasteiger partial charge in [-0.15, -0.1) is 12.4 Å². The van der Waals surface area contributed by atoms with E-state index in [-0.39, 0.29) is 18.0 Å².